The molecule has 1 fully saturated rings. The first-order chi connectivity index (χ1) is 15.3. The Bertz CT molecular complexity index is 1090. The fourth-order valence-electron chi connectivity index (χ4n) is 4.02. The molecule has 0 radical (unpaired) electrons. The molecular formula is C25H30ClN3O3. The minimum atomic E-state index is -0.494. The van der Waals surface area contributed by atoms with Crippen LogP contribution in [0.2, 0.25) is 5.02 Å². The lowest BCUT2D eigenvalue weighted by Gasteiger charge is -2.33. The van der Waals surface area contributed by atoms with Gasteiger partial charge in [-0.2, -0.15) is 4.98 Å². The number of imidazole rings is 1. The monoisotopic (exact) mass is 455 g/mol. The zero-order chi connectivity index (χ0) is 22.7. The molecule has 1 amide bonds. The first-order valence-electron chi connectivity index (χ1n) is 11.1. The van der Waals surface area contributed by atoms with Gasteiger partial charge >= 0.3 is 6.09 Å². The van der Waals surface area contributed by atoms with Crippen LogP contribution in [0.4, 0.5) is 4.79 Å². The number of likely N-dealkylation sites (tertiary alicyclic amines) is 1. The van der Waals surface area contributed by atoms with E-state index in [1.165, 1.54) is 0 Å². The zero-order valence-electron chi connectivity index (χ0n) is 18.9. The molecule has 1 aliphatic rings. The van der Waals surface area contributed by atoms with Crippen molar-refractivity contribution in [3.8, 4) is 6.01 Å². The second-order valence-corrected chi connectivity index (χ2v) is 9.78. The summed E-state index contributed by atoms with van der Waals surface area (Å²) in [5, 5.41) is 0.707. The van der Waals surface area contributed by atoms with Gasteiger partial charge in [0.05, 0.1) is 24.2 Å². The summed E-state index contributed by atoms with van der Waals surface area (Å²) in [6, 6.07) is 16.4. The van der Waals surface area contributed by atoms with Gasteiger partial charge in [-0.15, -0.1) is 0 Å². The number of nitrogens with zero attached hydrogens (tertiary/aromatic N) is 3. The highest BCUT2D eigenvalue weighted by Gasteiger charge is 2.28. The number of carbonyl (C=O) groups excluding carboxylic acids is 1. The van der Waals surface area contributed by atoms with Crippen LogP contribution in [0.1, 0.15) is 39.2 Å². The van der Waals surface area contributed by atoms with Crippen LogP contribution in [0.3, 0.4) is 0 Å². The van der Waals surface area contributed by atoms with Crippen molar-refractivity contribution in [3.63, 3.8) is 0 Å². The molecule has 170 valence electrons. The topological polar surface area (TPSA) is 56.6 Å². The predicted octanol–water partition coefficient (Wildman–Crippen LogP) is 5.76. The molecule has 1 saturated heterocycles. The highest BCUT2D eigenvalue weighted by Crippen LogP contribution is 2.26. The quantitative estimate of drug-likeness (QED) is 0.490. The van der Waals surface area contributed by atoms with Crippen molar-refractivity contribution >= 4 is 28.7 Å². The Kier molecular flexibility index (Phi) is 6.60. The lowest BCUT2D eigenvalue weighted by Crippen LogP contribution is -2.44. The van der Waals surface area contributed by atoms with E-state index >= 15 is 0 Å². The van der Waals surface area contributed by atoms with Crippen LogP contribution in [0.15, 0.2) is 48.5 Å². The summed E-state index contributed by atoms with van der Waals surface area (Å²) in [6.45, 7) is 8.13. The smallest absolute Gasteiger partial charge is 0.410 e. The molecule has 1 atom stereocenters. The highest BCUT2D eigenvalue weighted by molar-refractivity contribution is 6.30. The molecule has 6 nitrogen and oxygen atoms in total. The Morgan fingerprint density at radius 3 is 2.78 bits per heavy atom. The number of hydrogen-bond acceptors (Lipinski definition) is 4. The molecule has 0 bridgehead atoms. The number of para-hydroxylation sites is 2. The number of hydrogen-bond donors (Lipinski definition) is 0. The van der Waals surface area contributed by atoms with Crippen molar-refractivity contribution in [2.75, 3.05) is 19.7 Å². The highest BCUT2D eigenvalue weighted by atomic mass is 35.5. The molecule has 4 rings (SSSR count). The Hall–Kier alpha value is -2.73. The summed E-state index contributed by atoms with van der Waals surface area (Å²) in [4.78, 5) is 19.0. The van der Waals surface area contributed by atoms with E-state index in [0.29, 0.717) is 30.7 Å². The van der Waals surface area contributed by atoms with Crippen molar-refractivity contribution in [1.82, 2.24) is 14.5 Å². The van der Waals surface area contributed by atoms with Gasteiger partial charge in [0.25, 0.3) is 6.01 Å². The van der Waals surface area contributed by atoms with Gasteiger partial charge in [-0.05, 0) is 63.4 Å². The molecule has 3 aromatic rings. The summed E-state index contributed by atoms with van der Waals surface area (Å²) in [7, 11) is 0. The van der Waals surface area contributed by atoms with E-state index < -0.39 is 5.60 Å². The van der Waals surface area contributed by atoms with Crippen LogP contribution in [0.5, 0.6) is 6.01 Å². The largest absolute Gasteiger partial charge is 0.464 e. The molecule has 1 aromatic heterocycles. The summed E-state index contributed by atoms with van der Waals surface area (Å²) in [5.41, 5.74) is 2.50. The standard InChI is InChI=1S/C25H30ClN3O3/c1-25(2,3)32-24(30)28-13-7-9-19(15-28)17-31-23-27-21-11-4-5-12-22(21)29(23)16-18-8-6-10-20(26)14-18/h4-6,8,10-12,14,19H,7,9,13,15-17H2,1-3H3. The number of amides is 1. The fourth-order valence-corrected chi connectivity index (χ4v) is 4.23. The molecule has 32 heavy (non-hydrogen) atoms. The van der Waals surface area contributed by atoms with Crippen LogP contribution < -0.4 is 4.74 Å². The fraction of sp³-hybridized carbons (Fsp3) is 0.440. The first-order valence-corrected chi connectivity index (χ1v) is 11.5. The van der Waals surface area contributed by atoms with Gasteiger partial charge < -0.3 is 14.4 Å². The lowest BCUT2D eigenvalue weighted by molar-refractivity contribution is 0.0136. The Morgan fingerprint density at radius 1 is 1.19 bits per heavy atom. The second-order valence-electron chi connectivity index (χ2n) is 9.34. The van der Waals surface area contributed by atoms with E-state index in [4.69, 9.17) is 26.1 Å². The Morgan fingerprint density at radius 2 is 2.00 bits per heavy atom. The minimum Gasteiger partial charge on any atom is -0.464 e. The summed E-state index contributed by atoms with van der Waals surface area (Å²) in [5.74, 6) is 0.232. The summed E-state index contributed by atoms with van der Waals surface area (Å²) < 4.78 is 13.9. The lowest BCUT2D eigenvalue weighted by atomic mass is 9.99. The van der Waals surface area contributed by atoms with Crippen molar-refractivity contribution in [1.29, 1.82) is 0 Å². The number of ether oxygens (including phenoxy) is 2. The Labute approximate surface area is 194 Å². The molecule has 7 heteroatoms. The normalized spacial score (nSPS) is 16.9. The number of aromatic nitrogens is 2. The third-order valence-electron chi connectivity index (χ3n) is 5.47. The third kappa shape index (κ3) is 5.54. The van der Waals surface area contributed by atoms with E-state index in [1.807, 2.05) is 69.3 Å². The average Bonchev–Trinajstić information content (AvgIpc) is 3.09. The van der Waals surface area contributed by atoms with Crippen molar-refractivity contribution in [3.05, 3.63) is 59.1 Å². The van der Waals surface area contributed by atoms with Crippen LogP contribution in [0.25, 0.3) is 11.0 Å². The average molecular weight is 456 g/mol. The van der Waals surface area contributed by atoms with E-state index in [1.54, 1.807) is 4.90 Å². The van der Waals surface area contributed by atoms with Gasteiger partial charge in [0.15, 0.2) is 0 Å². The van der Waals surface area contributed by atoms with Crippen LogP contribution in [0, 0.1) is 5.92 Å². The second kappa shape index (κ2) is 9.41. The number of piperidine rings is 1. The molecule has 2 heterocycles. The van der Waals surface area contributed by atoms with Gasteiger partial charge in [0.1, 0.15) is 5.60 Å². The van der Waals surface area contributed by atoms with Gasteiger partial charge in [0.2, 0.25) is 0 Å². The van der Waals surface area contributed by atoms with Crippen molar-refractivity contribution in [2.24, 2.45) is 5.92 Å². The minimum absolute atomic E-state index is 0.232. The first kappa shape index (κ1) is 22.5. The van der Waals surface area contributed by atoms with Gasteiger partial charge in [-0.3, -0.25) is 4.57 Å². The summed E-state index contributed by atoms with van der Waals surface area (Å²) in [6.07, 6.45) is 1.69. The van der Waals surface area contributed by atoms with Crippen molar-refractivity contribution in [2.45, 2.75) is 45.8 Å². The van der Waals surface area contributed by atoms with Gasteiger partial charge in [-0.1, -0.05) is 35.9 Å². The van der Waals surface area contributed by atoms with Crippen molar-refractivity contribution < 1.29 is 14.3 Å². The van der Waals surface area contributed by atoms with E-state index in [2.05, 4.69) is 4.57 Å². The van der Waals surface area contributed by atoms with E-state index in [0.717, 1.165) is 36.0 Å². The number of rotatable bonds is 5. The van der Waals surface area contributed by atoms with Crippen LogP contribution in [-0.4, -0.2) is 45.8 Å². The van der Waals surface area contributed by atoms with E-state index in [-0.39, 0.29) is 12.0 Å². The summed E-state index contributed by atoms with van der Waals surface area (Å²) >= 11 is 6.19. The third-order valence-corrected chi connectivity index (χ3v) is 5.70. The maximum atomic E-state index is 12.5. The van der Waals surface area contributed by atoms with Gasteiger partial charge in [-0.25, -0.2) is 4.79 Å². The molecule has 0 N–H and O–H groups in total. The molecule has 0 spiro atoms. The number of fused-ring (bicyclic) bond motifs is 1. The predicted molar refractivity (Wildman–Crippen MR) is 126 cm³/mol. The maximum Gasteiger partial charge on any atom is 0.410 e. The molecule has 2 aromatic carbocycles. The number of halogens is 1. The molecule has 0 saturated carbocycles. The van der Waals surface area contributed by atoms with E-state index in [9.17, 15) is 4.79 Å². The Balaban J connectivity index is 1.47. The number of carbonyl (C=O) groups is 1. The molecule has 1 aliphatic heterocycles. The molecule has 1 unspecified atom stereocenters. The van der Waals surface area contributed by atoms with Crippen LogP contribution in [-0.2, 0) is 11.3 Å². The zero-order valence-corrected chi connectivity index (χ0v) is 19.6. The number of benzene rings is 2. The SMILES string of the molecule is CC(C)(C)OC(=O)N1CCCC(COc2nc3ccccc3n2Cc2cccc(Cl)c2)C1. The van der Waals surface area contributed by atoms with Crippen LogP contribution >= 0.6 is 11.6 Å². The maximum absolute atomic E-state index is 12.5. The molecular weight excluding hydrogens is 426 g/mol. The van der Waals surface area contributed by atoms with Gasteiger partial charge in [0, 0.05) is 24.0 Å². The molecule has 0 aliphatic carbocycles.